The first kappa shape index (κ1) is 13.1. The molecule has 0 unspecified atom stereocenters. The fourth-order valence-electron chi connectivity index (χ4n) is 3.71. The summed E-state index contributed by atoms with van der Waals surface area (Å²) in [6, 6.07) is 29.7. The molecule has 24 heavy (non-hydrogen) atoms. The van der Waals surface area contributed by atoms with Gasteiger partial charge in [-0.05, 0) is 55.6 Å². The number of nitriles is 1. The highest BCUT2D eigenvalue weighted by molar-refractivity contribution is 6.25. The molecule has 5 aromatic carbocycles. The van der Waals surface area contributed by atoms with E-state index in [0.717, 1.165) is 5.56 Å². The molecule has 0 radical (unpaired) electrons. The lowest BCUT2D eigenvalue weighted by Crippen LogP contribution is -1.87. The summed E-state index contributed by atoms with van der Waals surface area (Å²) in [5.41, 5.74) is 3.05. The molecule has 0 aliphatic heterocycles. The highest BCUT2D eigenvalue weighted by atomic mass is 14.2. The fourth-order valence-corrected chi connectivity index (χ4v) is 3.71. The maximum absolute atomic E-state index is 9.01. The molecule has 0 saturated heterocycles. The van der Waals surface area contributed by atoms with Gasteiger partial charge in [0.25, 0.3) is 0 Å². The van der Waals surface area contributed by atoms with Crippen molar-refractivity contribution in [2.24, 2.45) is 0 Å². The number of hydrogen-bond acceptors (Lipinski definition) is 1. The molecule has 0 N–H and O–H groups in total. The SMILES string of the molecule is N#Cc1ccc(-c2ccc3ccc4cccc5ccc2c3c45)cc1. The Labute approximate surface area is 139 Å². The van der Waals surface area contributed by atoms with Gasteiger partial charge in [0.2, 0.25) is 0 Å². The summed E-state index contributed by atoms with van der Waals surface area (Å²) in [7, 11) is 0. The molecular weight excluding hydrogens is 290 g/mol. The van der Waals surface area contributed by atoms with Crippen molar-refractivity contribution in [2.75, 3.05) is 0 Å². The quantitative estimate of drug-likeness (QED) is 0.342. The molecule has 0 saturated carbocycles. The maximum atomic E-state index is 9.01. The van der Waals surface area contributed by atoms with E-state index in [1.54, 1.807) is 0 Å². The standard InChI is InChI=1S/C23H13N/c24-14-15-4-6-16(7-5-15)20-12-10-19-9-8-17-2-1-3-18-11-13-21(20)23(19)22(17)18/h1-13H. The largest absolute Gasteiger partial charge is 0.192 e. The summed E-state index contributed by atoms with van der Waals surface area (Å²) in [6.45, 7) is 0. The van der Waals surface area contributed by atoms with E-state index in [9.17, 15) is 0 Å². The van der Waals surface area contributed by atoms with Gasteiger partial charge in [-0.3, -0.25) is 0 Å². The van der Waals surface area contributed by atoms with Crippen LogP contribution in [0.25, 0.3) is 43.4 Å². The number of rotatable bonds is 1. The molecule has 0 fully saturated rings. The van der Waals surface area contributed by atoms with E-state index in [-0.39, 0.29) is 0 Å². The monoisotopic (exact) mass is 303 g/mol. The molecule has 0 bridgehead atoms. The van der Waals surface area contributed by atoms with Gasteiger partial charge in [-0.15, -0.1) is 0 Å². The van der Waals surface area contributed by atoms with Crippen molar-refractivity contribution < 1.29 is 0 Å². The van der Waals surface area contributed by atoms with Gasteiger partial charge in [-0.1, -0.05) is 66.7 Å². The van der Waals surface area contributed by atoms with Gasteiger partial charge in [0.15, 0.2) is 0 Å². The third-order valence-electron chi connectivity index (χ3n) is 4.85. The average Bonchev–Trinajstić information content (AvgIpc) is 2.66. The van der Waals surface area contributed by atoms with Crippen LogP contribution in [0.2, 0.25) is 0 Å². The van der Waals surface area contributed by atoms with Crippen LogP contribution in [-0.4, -0.2) is 0 Å². The lowest BCUT2D eigenvalue weighted by molar-refractivity contribution is 1.48. The van der Waals surface area contributed by atoms with E-state index in [1.165, 1.54) is 37.9 Å². The zero-order valence-corrected chi connectivity index (χ0v) is 13.0. The molecule has 1 heteroatoms. The molecule has 0 aromatic heterocycles. The van der Waals surface area contributed by atoms with Crippen LogP contribution in [0.1, 0.15) is 5.56 Å². The Hall–Kier alpha value is -3.37. The van der Waals surface area contributed by atoms with Gasteiger partial charge in [0, 0.05) is 0 Å². The molecular formula is C23H13N. The Morgan fingerprint density at radius 2 is 1.21 bits per heavy atom. The van der Waals surface area contributed by atoms with Crippen molar-refractivity contribution in [3.8, 4) is 17.2 Å². The van der Waals surface area contributed by atoms with Gasteiger partial charge in [0.05, 0.1) is 11.6 Å². The first-order valence-corrected chi connectivity index (χ1v) is 8.02. The van der Waals surface area contributed by atoms with Crippen LogP contribution in [0.4, 0.5) is 0 Å². The second kappa shape index (κ2) is 4.81. The summed E-state index contributed by atoms with van der Waals surface area (Å²) in [5.74, 6) is 0. The lowest BCUT2D eigenvalue weighted by Gasteiger charge is -2.14. The molecule has 0 atom stereocenters. The third kappa shape index (κ3) is 1.74. The molecule has 0 amide bonds. The van der Waals surface area contributed by atoms with Crippen molar-refractivity contribution in [3.05, 3.63) is 84.4 Å². The molecule has 1 nitrogen and oxygen atoms in total. The maximum Gasteiger partial charge on any atom is 0.0991 e. The zero-order valence-electron chi connectivity index (χ0n) is 13.0. The van der Waals surface area contributed by atoms with E-state index in [1.807, 2.05) is 24.3 Å². The Balaban J connectivity index is 1.91. The number of benzene rings is 5. The van der Waals surface area contributed by atoms with Crippen LogP contribution in [0.15, 0.2) is 78.9 Å². The summed E-state index contributed by atoms with van der Waals surface area (Å²) in [5, 5.41) is 16.8. The molecule has 0 aliphatic carbocycles. The number of nitrogens with zero attached hydrogens (tertiary/aromatic N) is 1. The van der Waals surface area contributed by atoms with E-state index in [0.29, 0.717) is 5.56 Å². The predicted octanol–water partition coefficient (Wildman–Crippen LogP) is 6.12. The van der Waals surface area contributed by atoms with Crippen LogP contribution in [0.3, 0.4) is 0 Å². The van der Waals surface area contributed by atoms with Crippen molar-refractivity contribution in [1.29, 1.82) is 5.26 Å². The van der Waals surface area contributed by atoms with Crippen LogP contribution in [0, 0.1) is 11.3 Å². The number of hydrogen-bond donors (Lipinski definition) is 0. The van der Waals surface area contributed by atoms with Crippen LogP contribution >= 0.6 is 0 Å². The Bertz CT molecular complexity index is 1220. The molecule has 5 rings (SSSR count). The van der Waals surface area contributed by atoms with Crippen molar-refractivity contribution in [3.63, 3.8) is 0 Å². The third-order valence-corrected chi connectivity index (χ3v) is 4.85. The van der Waals surface area contributed by atoms with Gasteiger partial charge < -0.3 is 0 Å². The van der Waals surface area contributed by atoms with Crippen LogP contribution in [-0.2, 0) is 0 Å². The summed E-state index contributed by atoms with van der Waals surface area (Å²) in [4.78, 5) is 0. The van der Waals surface area contributed by atoms with Crippen LogP contribution in [0.5, 0.6) is 0 Å². The minimum Gasteiger partial charge on any atom is -0.192 e. The summed E-state index contributed by atoms with van der Waals surface area (Å²) in [6.07, 6.45) is 0. The van der Waals surface area contributed by atoms with E-state index in [2.05, 4.69) is 60.7 Å². The topological polar surface area (TPSA) is 23.8 Å². The molecule has 0 aliphatic rings. The predicted molar refractivity (Wildman–Crippen MR) is 100 cm³/mol. The summed E-state index contributed by atoms with van der Waals surface area (Å²) >= 11 is 0. The molecule has 0 spiro atoms. The van der Waals surface area contributed by atoms with Crippen molar-refractivity contribution in [1.82, 2.24) is 0 Å². The fraction of sp³-hybridized carbons (Fsp3) is 0. The minimum atomic E-state index is 0.691. The second-order valence-electron chi connectivity index (χ2n) is 6.16. The Morgan fingerprint density at radius 1 is 0.583 bits per heavy atom. The van der Waals surface area contributed by atoms with Gasteiger partial charge in [-0.25, -0.2) is 0 Å². The zero-order chi connectivity index (χ0) is 16.1. The average molecular weight is 303 g/mol. The van der Waals surface area contributed by atoms with Gasteiger partial charge >= 0.3 is 0 Å². The Kier molecular flexibility index (Phi) is 2.63. The van der Waals surface area contributed by atoms with Crippen molar-refractivity contribution in [2.45, 2.75) is 0 Å². The van der Waals surface area contributed by atoms with Gasteiger partial charge in [0.1, 0.15) is 0 Å². The highest BCUT2D eigenvalue weighted by Gasteiger charge is 2.11. The first-order chi connectivity index (χ1) is 11.8. The molecule has 0 heterocycles. The highest BCUT2D eigenvalue weighted by Crippen LogP contribution is 2.39. The van der Waals surface area contributed by atoms with Gasteiger partial charge in [-0.2, -0.15) is 5.26 Å². The van der Waals surface area contributed by atoms with E-state index in [4.69, 9.17) is 5.26 Å². The second-order valence-corrected chi connectivity index (χ2v) is 6.16. The molecule has 5 aromatic rings. The normalized spacial score (nSPS) is 11.3. The van der Waals surface area contributed by atoms with E-state index < -0.39 is 0 Å². The van der Waals surface area contributed by atoms with Crippen molar-refractivity contribution >= 4 is 32.3 Å². The summed E-state index contributed by atoms with van der Waals surface area (Å²) < 4.78 is 0. The minimum absolute atomic E-state index is 0.691. The van der Waals surface area contributed by atoms with E-state index >= 15 is 0 Å². The first-order valence-electron chi connectivity index (χ1n) is 8.02. The Morgan fingerprint density at radius 3 is 1.92 bits per heavy atom. The lowest BCUT2D eigenvalue weighted by atomic mass is 9.90. The van der Waals surface area contributed by atoms with Crippen LogP contribution < -0.4 is 0 Å². The smallest absolute Gasteiger partial charge is 0.0991 e. The molecule has 110 valence electrons.